The fraction of sp³-hybridized carbons (Fsp3) is 0.333. The molecule has 0 saturated heterocycles. The zero-order valence-electron chi connectivity index (χ0n) is 16.7. The van der Waals surface area contributed by atoms with Gasteiger partial charge in [-0.15, -0.1) is 0 Å². The summed E-state index contributed by atoms with van der Waals surface area (Å²) in [4.78, 5) is 25.6. The number of rotatable bonds is 5. The first-order valence-corrected chi connectivity index (χ1v) is 10.0. The zero-order valence-corrected chi connectivity index (χ0v) is 16.7. The van der Waals surface area contributed by atoms with Crippen molar-refractivity contribution < 1.29 is 19.1 Å². The van der Waals surface area contributed by atoms with Gasteiger partial charge >= 0.3 is 0 Å². The van der Waals surface area contributed by atoms with E-state index in [2.05, 4.69) is 5.32 Å². The molecule has 0 spiro atoms. The van der Waals surface area contributed by atoms with Crippen LogP contribution in [0.3, 0.4) is 0 Å². The number of Topliss-reactive ketones (excluding diaryl/α,β-unsaturated/α-hetero) is 1. The number of methoxy groups -OCH3 is 1. The molecule has 29 heavy (non-hydrogen) atoms. The van der Waals surface area contributed by atoms with Gasteiger partial charge in [-0.2, -0.15) is 0 Å². The molecule has 150 valence electrons. The summed E-state index contributed by atoms with van der Waals surface area (Å²) in [5.74, 6) is 1.45. The molecule has 2 atom stereocenters. The van der Waals surface area contributed by atoms with E-state index in [0.717, 1.165) is 33.9 Å². The summed E-state index contributed by atoms with van der Waals surface area (Å²) in [6, 6.07) is 15.5. The maximum atomic E-state index is 13.2. The first-order valence-electron chi connectivity index (χ1n) is 10.0. The highest BCUT2D eigenvalue weighted by Crippen LogP contribution is 2.43. The predicted octanol–water partition coefficient (Wildman–Crippen LogP) is 4.10. The van der Waals surface area contributed by atoms with Crippen LogP contribution in [-0.4, -0.2) is 25.4 Å². The molecule has 2 aromatic carbocycles. The standard InChI is InChI=1S/C24H25NO4/c1-3-29-19-6-4-5-16(11-19)20-14-23(27)25-21-12-17(13-22(26)24(20)21)15-7-9-18(28-2)10-8-15/h4-11,17,20H,3,12-14H2,1-2H3,(H,25,27)/t17-,20-/m1/s1. The Bertz CT molecular complexity index is 961. The van der Waals surface area contributed by atoms with Gasteiger partial charge in [0, 0.05) is 30.0 Å². The van der Waals surface area contributed by atoms with Crippen molar-refractivity contribution >= 4 is 11.7 Å². The monoisotopic (exact) mass is 391 g/mol. The normalized spacial score (nSPS) is 21.4. The van der Waals surface area contributed by atoms with Gasteiger partial charge in [0.25, 0.3) is 0 Å². The van der Waals surface area contributed by atoms with Crippen LogP contribution >= 0.6 is 0 Å². The Hall–Kier alpha value is -3.08. The number of benzene rings is 2. The van der Waals surface area contributed by atoms with Crippen LogP contribution in [0, 0.1) is 0 Å². The molecule has 0 bridgehead atoms. The summed E-state index contributed by atoms with van der Waals surface area (Å²) in [6.45, 7) is 2.51. The molecule has 2 aromatic rings. The molecule has 2 aliphatic rings. The van der Waals surface area contributed by atoms with Crippen molar-refractivity contribution in [3.63, 3.8) is 0 Å². The van der Waals surface area contributed by atoms with Crippen LogP contribution in [0.5, 0.6) is 11.5 Å². The molecule has 5 nitrogen and oxygen atoms in total. The molecule has 1 aliphatic carbocycles. The van der Waals surface area contributed by atoms with Gasteiger partial charge in [-0.3, -0.25) is 9.59 Å². The van der Waals surface area contributed by atoms with Crippen molar-refractivity contribution in [3.8, 4) is 11.5 Å². The maximum Gasteiger partial charge on any atom is 0.225 e. The fourth-order valence-corrected chi connectivity index (χ4v) is 4.34. The second-order valence-electron chi connectivity index (χ2n) is 7.50. The molecule has 4 rings (SSSR count). The Balaban J connectivity index is 1.66. The first kappa shape index (κ1) is 19.2. The number of carbonyl (C=O) groups excluding carboxylic acids is 2. The molecule has 0 saturated carbocycles. The van der Waals surface area contributed by atoms with Crippen molar-refractivity contribution in [2.45, 2.75) is 38.0 Å². The molecular formula is C24H25NO4. The lowest BCUT2D eigenvalue weighted by molar-refractivity contribution is -0.122. The SMILES string of the molecule is CCOc1cccc([C@H]2CC(=O)NC3=C2C(=O)C[C@H](c2ccc(OC)cc2)C3)c1. The fourth-order valence-electron chi connectivity index (χ4n) is 4.34. The number of amides is 1. The highest BCUT2D eigenvalue weighted by Gasteiger charge is 2.38. The third kappa shape index (κ3) is 3.90. The molecule has 0 fully saturated rings. The molecule has 1 N–H and O–H groups in total. The first-order chi connectivity index (χ1) is 14.1. The molecule has 0 radical (unpaired) electrons. The van der Waals surface area contributed by atoms with E-state index in [1.807, 2.05) is 55.5 Å². The van der Waals surface area contributed by atoms with E-state index in [4.69, 9.17) is 9.47 Å². The molecule has 1 aliphatic heterocycles. The Morgan fingerprint density at radius 3 is 2.48 bits per heavy atom. The van der Waals surface area contributed by atoms with Gasteiger partial charge in [-0.05, 0) is 54.7 Å². The van der Waals surface area contributed by atoms with E-state index in [1.165, 1.54) is 0 Å². The lowest BCUT2D eigenvalue weighted by atomic mass is 9.73. The van der Waals surface area contributed by atoms with Gasteiger partial charge in [0.2, 0.25) is 5.91 Å². The van der Waals surface area contributed by atoms with Crippen molar-refractivity contribution in [2.24, 2.45) is 0 Å². The van der Waals surface area contributed by atoms with Crippen LogP contribution in [-0.2, 0) is 9.59 Å². The van der Waals surface area contributed by atoms with Crippen LogP contribution in [0.2, 0.25) is 0 Å². The van der Waals surface area contributed by atoms with Crippen molar-refractivity contribution in [2.75, 3.05) is 13.7 Å². The van der Waals surface area contributed by atoms with Gasteiger partial charge in [0.05, 0.1) is 13.7 Å². The van der Waals surface area contributed by atoms with Crippen LogP contribution in [0.1, 0.15) is 49.1 Å². The van der Waals surface area contributed by atoms with Crippen molar-refractivity contribution in [1.29, 1.82) is 0 Å². The summed E-state index contributed by atoms with van der Waals surface area (Å²) >= 11 is 0. The molecule has 0 aromatic heterocycles. The Labute approximate surface area is 170 Å². The number of ketones is 1. The van der Waals surface area contributed by atoms with E-state index in [-0.39, 0.29) is 29.9 Å². The summed E-state index contributed by atoms with van der Waals surface area (Å²) < 4.78 is 10.8. The zero-order chi connectivity index (χ0) is 20.4. The van der Waals surface area contributed by atoms with Crippen LogP contribution in [0.25, 0.3) is 0 Å². The minimum atomic E-state index is -0.219. The van der Waals surface area contributed by atoms with Gasteiger partial charge in [0.1, 0.15) is 11.5 Å². The minimum absolute atomic E-state index is 0.0428. The number of nitrogens with one attached hydrogen (secondary N) is 1. The number of hydrogen-bond acceptors (Lipinski definition) is 4. The number of ether oxygens (including phenoxy) is 2. The third-order valence-corrected chi connectivity index (χ3v) is 5.69. The topological polar surface area (TPSA) is 64.6 Å². The van der Waals surface area contributed by atoms with E-state index in [1.54, 1.807) is 7.11 Å². The maximum absolute atomic E-state index is 13.2. The second kappa shape index (κ2) is 8.11. The molecular weight excluding hydrogens is 366 g/mol. The number of carbonyl (C=O) groups is 2. The summed E-state index contributed by atoms with van der Waals surface area (Å²) in [7, 11) is 1.63. The highest BCUT2D eigenvalue weighted by atomic mass is 16.5. The largest absolute Gasteiger partial charge is 0.497 e. The van der Waals surface area contributed by atoms with Crippen LogP contribution in [0.4, 0.5) is 0 Å². The van der Waals surface area contributed by atoms with E-state index < -0.39 is 0 Å². The number of allylic oxidation sites excluding steroid dienone is 2. The summed E-state index contributed by atoms with van der Waals surface area (Å²) in [6.07, 6.45) is 1.39. The lowest BCUT2D eigenvalue weighted by Crippen LogP contribution is -2.38. The highest BCUT2D eigenvalue weighted by molar-refractivity contribution is 6.02. The van der Waals surface area contributed by atoms with E-state index >= 15 is 0 Å². The van der Waals surface area contributed by atoms with Gasteiger partial charge in [-0.1, -0.05) is 24.3 Å². The van der Waals surface area contributed by atoms with E-state index in [9.17, 15) is 9.59 Å². The number of hydrogen-bond donors (Lipinski definition) is 1. The molecule has 1 heterocycles. The van der Waals surface area contributed by atoms with Gasteiger partial charge in [-0.25, -0.2) is 0 Å². The molecule has 0 unspecified atom stereocenters. The second-order valence-corrected chi connectivity index (χ2v) is 7.50. The van der Waals surface area contributed by atoms with E-state index in [0.29, 0.717) is 19.4 Å². The van der Waals surface area contributed by atoms with Crippen molar-refractivity contribution in [1.82, 2.24) is 5.32 Å². The van der Waals surface area contributed by atoms with Crippen molar-refractivity contribution in [3.05, 3.63) is 70.9 Å². The average Bonchev–Trinajstić information content (AvgIpc) is 2.73. The Kier molecular flexibility index (Phi) is 5.38. The summed E-state index contributed by atoms with van der Waals surface area (Å²) in [5.41, 5.74) is 3.56. The lowest BCUT2D eigenvalue weighted by Gasteiger charge is -2.34. The summed E-state index contributed by atoms with van der Waals surface area (Å²) in [5, 5.41) is 2.97. The predicted molar refractivity (Wildman–Crippen MR) is 110 cm³/mol. The Morgan fingerprint density at radius 1 is 0.966 bits per heavy atom. The molecule has 1 amide bonds. The quantitative estimate of drug-likeness (QED) is 0.834. The van der Waals surface area contributed by atoms with Crippen LogP contribution in [0.15, 0.2) is 59.8 Å². The Morgan fingerprint density at radius 2 is 1.76 bits per heavy atom. The van der Waals surface area contributed by atoms with Crippen LogP contribution < -0.4 is 14.8 Å². The average molecular weight is 391 g/mol. The minimum Gasteiger partial charge on any atom is -0.497 e. The molecule has 5 heteroatoms. The smallest absolute Gasteiger partial charge is 0.225 e. The third-order valence-electron chi connectivity index (χ3n) is 5.69. The van der Waals surface area contributed by atoms with Gasteiger partial charge in [0.15, 0.2) is 5.78 Å². The van der Waals surface area contributed by atoms with Gasteiger partial charge < -0.3 is 14.8 Å².